The van der Waals surface area contributed by atoms with E-state index in [-0.39, 0.29) is 12.5 Å². The summed E-state index contributed by atoms with van der Waals surface area (Å²) < 4.78 is 11.3. The molecule has 1 aromatic carbocycles. The van der Waals surface area contributed by atoms with Crippen molar-refractivity contribution in [1.82, 2.24) is 0 Å². The molecule has 0 saturated heterocycles. The molecule has 0 unspecified atom stereocenters. The third-order valence-electron chi connectivity index (χ3n) is 2.71. The monoisotopic (exact) mass is 203 g/mol. The molecule has 1 aromatic rings. The maximum Gasteiger partial charge on any atom is 0.230 e. The Bertz CT molecular complexity index is 408. The van der Waals surface area contributed by atoms with Crippen LogP contribution in [0.25, 0.3) is 0 Å². The van der Waals surface area contributed by atoms with Gasteiger partial charge in [-0.2, -0.15) is 5.26 Å². The molecule has 1 aliphatic rings. The Kier molecular flexibility index (Phi) is 2.28. The van der Waals surface area contributed by atoms with Crippen molar-refractivity contribution in [3.63, 3.8) is 0 Å². The van der Waals surface area contributed by atoms with Crippen LogP contribution < -0.4 is 9.47 Å². The standard InChI is InChI=1S/C12H13NO2/c1-9(2)12(7-13)8-14-10-5-3-4-6-11(10)15-12/h3-6,9H,8H2,1-2H3/t12-/m0/s1. The quantitative estimate of drug-likeness (QED) is 0.703. The van der Waals surface area contributed by atoms with Crippen LogP contribution >= 0.6 is 0 Å². The number of hydrogen-bond donors (Lipinski definition) is 0. The van der Waals surface area contributed by atoms with Crippen molar-refractivity contribution in [2.24, 2.45) is 5.92 Å². The molecule has 0 radical (unpaired) electrons. The highest BCUT2D eigenvalue weighted by Crippen LogP contribution is 2.37. The van der Waals surface area contributed by atoms with E-state index >= 15 is 0 Å². The molecule has 3 nitrogen and oxygen atoms in total. The van der Waals surface area contributed by atoms with Gasteiger partial charge in [-0.1, -0.05) is 26.0 Å². The first kappa shape index (κ1) is 9.85. The molecule has 2 rings (SSSR count). The molecule has 0 amide bonds. The number of para-hydroxylation sites is 2. The highest BCUT2D eigenvalue weighted by molar-refractivity contribution is 5.42. The van der Waals surface area contributed by atoms with Gasteiger partial charge in [0.25, 0.3) is 0 Å². The molecule has 3 heteroatoms. The minimum Gasteiger partial charge on any atom is -0.484 e. The summed E-state index contributed by atoms with van der Waals surface area (Å²) in [5, 5.41) is 9.18. The van der Waals surface area contributed by atoms with E-state index in [0.717, 1.165) is 0 Å². The second-order valence-corrected chi connectivity index (χ2v) is 3.99. The van der Waals surface area contributed by atoms with Crippen LogP contribution in [0.1, 0.15) is 13.8 Å². The fourth-order valence-corrected chi connectivity index (χ4v) is 1.53. The first-order chi connectivity index (χ1) is 7.18. The Hall–Kier alpha value is -1.69. The number of fused-ring (bicyclic) bond motifs is 1. The van der Waals surface area contributed by atoms with E-state index in [1.807, 2.05) is 38.1 Å². The summed E-state index contributed by atoms with van der Waals surface area (Å²) >= 11 is 0. The molecule has 0 fully saturated rings. The molecule has 1 heterocycles. The van der Waals surface area contributed by atoms with Crippen LogP contribution in [0.15, 0.2) is 24.3 Å². The van der Waals surface area contributed by atoms with E-state index in [2.05, 4.69) is 6.07 Å². The van der Waals surface area contributed by atoms with Gasteiger partial charge in [-0.05, 0) is 12.1 Å². The molecule has 0 N–H and O–H groups in total. The topological polar surface area (TPSA) is 42.2 Å². The highest BCUT2D eigenvalue weighted by atomic mass is 16.6. The van der Waals surface area contributed by atoms with E-state index < -0.39 is 5.60 Å². The van der Waals surface area contributed by atoms with Crippen LogP contribution in [0.3, 0.4) is 0 Å². The summed E-state index contributed by atoms with van der Waals surface area (Å²) in [6, 6.07) is 9.63. The lowest BCUT2D eigenvalue weighted by atomic mass is 9.91. The van der Waals surface area contributed by atoms with E-state index in [0.29, 0.717) is 11.5 Å². The van der Waals surface area contributed by atoms with Crippen molar-refractivity contribution in [2.75, 3.05) is 6.61 Å². The molecule has 0 saturated carbocycles. The Morgan fingerprint density at radius 3 is 2.60 bits per heavy atom. The number of nitriles is 1. The van der Waals surface area contributed by atoms with Crippen LogP contribution in [0.5, 0.6) is 11.5 Å². The zero-order chi connectivity index (χ0) is 10.9. The summed E-state index contributed by atoms with van der Waals surface area (Å²) in [5.74, 6) is 1.46. The van der Waals surface area contributed by atoms with Gasteiger partial charge >= 0.3 is 0 Å². The maximum atomic E-state index is 9.18. The van der Waals surface area contributed by atoms with Gasteiger partial charge in [0, 0.05) is 5.92 Å². The minimum absolute atomic E-state index is 0.0934. The fourth-order valence-electron chi connectivity index (χ4n) is 1.53. The molecule has 0 aromatic heterocycles. The summed E-state index contributed by atoms with van der Waals surface area (Å²) in [4.78, 5) is 0. The Morgan fingerprint density at radius 2 is 2.00 bits per heavy atom. The largest absolute Gasteiger partial charge is 0.484 e. The first-order valence-electron chi connectivity index (χ1n) is 5.00. The van der Waals surface area contributed by atoms with Crippen molar-refractivity contribution in [1.29, 1.82) is 5.26 Å². The Morgan fingerprint density at radius 1 is 1.33 bits per heavy atom. The number of benzene rings is 1. The average molecular weight is 203 g/mol. The second-order valence-electron chi connectivity index (χ2n) is 3.99. The number of nitrogens with zero attached hydrogens (tertiary/aromatic N) is 1. The van der Waals surface area contributed by atoms with Crippen LogP contribution in [-0.2, 0) is 0 Å². The van der Waals surface area contributed by atoms with Crippen LogP contribution in [0.4, 0.5) is 0 Å². The zero-order valence-electron chi connectivity index (χ0n) is 8.86. The van der Waals surface area contributed by atoms with Crippen LogP contribution in [0.2, 0.25) is 0 Å². The van der Waals surface area contributed by atoms with Gasteiger partial charge in [0.1, 0.15) is 12.7 Å². The Labute approximate surface area is 89.2 Å². The molecule has 15 heavy (non-hydrogen) atoms. The van der Waals surface area contributed by atoms with Crippen LogP contribution in [-0.4, -0.2) is 12.2 Å². The molecule has 0 bridgehead atoms. The molecular formula is C12H13NO2. The molecular weight excluding hydrogens is 190 g/mol. The lowest BCUT2D eigenvalue weighted by molar-refractivity contribution is 0.00155. The first-order valence-corrected chi connectivity index (χ1v) is 5.00. The molecule has 78 valence electrons. The lowest BCUT2D eigenvalue weighted by Gasteiger charge is -2.35. The van der Waals surface area contributed by atoms with E-state index in [4.69, 9.17) is 9.47 Å². The minimum atomic E-state index is -0.853. The van der Waals surface area contributed by atoms with Gasteiger partial charge in [-0.3, -0.25) is 0 Å². The summed E-state index contributed by atoms with van der Waals surface area (Å²) in [7, 11) is 0. The molecule has 0 spiro atoms. The van der Waals surface area contributed by atoms with Gasteiger partial charge < -0.3 is 9.47 Å². The molecule has 1 atom stereocenters. The van der Waals surface area contributed by atoms with Crippen molar-refractivity contribution < 1.29 is 9.47 Å². The number of rotatable bonds is 1. The van der Waals surface area contributed by atoms with Gasteiger partial charge in [-0.15, -0.1) is 0 Å². The third kappa shape index (κ3) is 1.52. The summed E-state index contributed by atoms with van der Waals surface area (Å²) in [6.45, 7) is 4.21. The van der Waals surface area contributed by atoms with Gasteiger partial charge in [0.15, 0.2) is 11.5 Å². The van der Waals surface area contributed by atoms with Crippen LogP contribution in [0, 0.1) is 17.2 Å². The third-order valence-corrected chi connectivity index (χ3v) is 2.71. The fraction of sp³-hybridized carbons (Fsp3) is 0.417. The van der Waals surface area contributed by atoms with Crippen molar-refractivity contribution in [2.45, 2.75) is 19.4 Å². The lowest BCUT2D eigenvalue weighted by Crippen LogP contribution is -2.48. The smallest absolute Gasteiger partial charge is 0.230 e. The molecule has 0 aliphatic carbocycles. The maximum absolute atomic E-state index is 9.18. The molecule has 1 aliphatic heterocycles. The highest BCUT2D eigenvalue weighted by Gasteiger charge is 2.41. The predicted octanol–water partition coefficient (Wildman–Crippen LogP) is 2.38. The number of ether oxygens (including phenoxy) is 2. The van der Waals surface area contributed by atoms with E-state index in [1.54, 1.807) is 0 Å². The van der Waals surface area contributed by atoms with E-state index in [9.17, 15) is 5.26 Å². The van der Waals surface area contributed by atoms with Gasteiger partial charge in [0.2, 0.25) is 5.60 Å². The Balaban J connectivity index is 2.36. The average Bonchev–Trinajstić information content (AvgIpc) is 2.28. The van der Waals surface area contributed by atoms with Crippen molar-refractivity contribution >= 4 is 0 Å². The normalized spacial score (nSPS) is 23.6. The van der Waals surface area contributed by atoms with E-state index in [1.165, 1.54) is 0 Å². The number of hydrogen-bond acceptors (Lipinski definition) is 3. The summed E-state index contributed by atoms with van der Waals surface area (Å²) in [6.07, 6.45) is 0. The second kappa shape index (κ2) is 3.47. The van der Waals surface area contributed by atoms with Gasteiger partial charge in [0.05, 0.1) is 0 Å². The van der Waals surface area contributed by atoms with Gasteiger partial charge in [-0.25, -0.2) is 0 Å². The zero-order valence-corrected chi connectivity index (χ0v) is 8.86. The van der Waals surface area contributed by atoms with Crippen molar-refractivity contribution in [3.05, 3.63) is 24.3 Å². The predicted molar refractivity (Wildman–Crippen MR) is 55.7 cm³/mol. The SMILES string of the molecule is CC(C)[C@]1(C#N)COc2ccccc2O1. The summed E-state index contributed by atoms with van der Waals surface area (Å²) in [5.41, 5.74) is -0.853. The van der Waals surface area contributed by atoms with Crippen molar-refractivity contribution in [3.8, 4) is 17.6 Å².